The molecule has 0 spiro atoms. The van der Waals surface area contributed by atoms with Crippen LogP contribution in [0.15, 0.2) is 41.8 Å². The minimum atomic E-state index is -0.106. The molecule has 0 unspecified atom stereocenters. The van der Waals surface area contributed by atoms with Gasteiger partial charge in [-0.15, -0.1) is 11.3 Å². The number of hydrogen-bond acceptors (Lipinski definition) is 4. The van der Waals surface area contributed by atoms with Gasteiger partial charge in [0, 0.05) is 11.4 Å². The molecule has 0 fully saturated rings. The van der Waals surface area contributed by atoms with Crippen LogP contribution in [0.2, 0.25) is 0 Å². The molecule has 0 saturated heterocycles. The molecule has 0 aliphatic carbocycles. The van der Waals surface area contributed by atoms with Crippen LogP contribution in [-0.4, -0.2) is 31.6 Å². The summed E-state index contributed by atoms with van der Waals surface area (Å²) in [4.78, 5) is 16.1. The summed E-state index contributed by atoms with van der Waals surface area (Å²) in [6.07, 6.45) is 4.49. The van der Waals surface area contributed by atoms with E-state index in [2.05, 4.69) is 32.2 Å². The third kappa shape index (κ3) is 4.19. The molecular weight excluding hydrogens is 358 g/mol. The molecule has 0 radical (unpaired) electrons. The van der Waals surface area contributed by atoms with Crippen molar-refractivity contribution in [1.29, 1.82) is 0 Å². The highest BCUT2D eigenvalue weighted by Gasteiger charge is 2.33. The first kappa shape index (κ1) is 19.5. The van der Waals surface area contributed by atoms with Gasteiger partial charge in [0.1, 0.15) is 0 Å². The molecule has 1 aliphatic rings. The number of amides is 1. The first-order valence-electron chi connectivity index (χ1n) is 9.12. The fourth-order valence-corrected chi connectivity index (χ4v) is 4.21. The molecule has 1 aromatic carbocycles. The second-order valence-corrected chi connectivity index (χ2v) is 8.78. The van der Waals surface area contributed by atoms with Gasteiger partial charge in [-0.2, -0.15) is 0 Å². The van der Waals surface area contributed by atoms with E-state index in [-0.39, 0.29) is 17.4 Å². The molecule has 0 N–H and O–H groups in total. The lowest BCUT2D eigenvalue weighted by atomic mass is 9.90. The average Bonchev–Trinajstić information content (AvgIpc) is 3.17. The lowest BCUT2D eigenvalue weighted by Crippen LogP contribution is -2.39. The smallest absolute Gasteiger partial charge is 0.247 e. The molecule has 144 valence electrons. The zero-order chi connectivity index (χ0) is 19.6. The Balaban J connectivity index is 2.05. The van der Waals surface area contributed by atoms with Gasteiger partial charge in [0.25, 0.3) is 0 Å². The van der Waals surface area contributed by atoms with Gasteiger partial charge >= 0.3 is 0 Å². The Morgan fingerprint density at radius 1 is 1.22 bits per heavy atom. The van der Waals surface area contributed by atoms with Crippen LogP contribution < -0.4 is 9.47 Å². The number of ether oxygens (including phenoxy) is 2. The van der Waals surface area contributed by atoms with E-state index in [9.17, 15) is 4.79 Å². The fraction of sp³-hybridized carbons (Fsp3) is 0.409. The lowest BCUT2D eigenvalue weighted by Gasteiger charge is -2.37. The monoisotopic (exact) mass is 385 g/mol. The van der Waals surface area contributed by atoms with Gasteiger partial charge in [-0.1, -0.05) is 32.9 Å². The summed E-state index contributed by atoms with van der Waals surface area (Å²) in [5, 5.41) is 2.05. The Labute approximate surface area is 165 Å². The summed E-state index contributed by atoms with van der Waals surface area (Å²) in [6, 6.07) is 8.08. The van der Waals surface area contributed by atoms with Crippen LogP contribution in [0, 0.1) is 5.41 Å². The normalized spacial score (nSPS) is 17.1. The van der Waals surface area contributed by atoms with E-state index < -0.39 is 0 Å². The minimum absolute atomic E-state index is 0.0294. The molecule has 1 atom stereocenters. The minimum Gasteiger partial charge on any atom is -0.493 e. The molecule has 4 nitrogen and oxygen atoms in total. The third-order valence-corrected chi connectivity index (χ3v) is 5.62. The van der Waals surface area contributed by atoms with Crippen molar-refractivity contribution >= 4 is 17.2 Å². The SMILES string of the molecule is COc1cc2c(cc1OC)[C@@H](c1cccs1)N(C(=O)/C=C/C(C)(C)C)CC2. The summed E-state index contributed by atoms with van der Waals surface area (Å²) in [7, 11) is 3.29. The lowest BCUT2D eigenvalue weighted by molar-refractivity contribution is -0.128. The summed E-state index contributed by atoms with van der Waals surface area (Å²) in [5.41, 5.74) is 2.28. The highest BCUT2D eigenvalue weighted by atomic mass is 32.1. The highest BCUT2D eigenvalue weighted by Crippen LogP contribution is 2.42. The van der Waals surface area contributed by atoms with E-state index >= 15 is 0 Å². The molecule has 5 heteroatoms. The van der Waals surface area contributed by atoms with E-state index in [1.54, 1.807) is 31.6 Å². The maximum absolute atomic E-state index is 13.0. The Kier molecular flexibility index (Phi) is 5.61. The van der Waals surface area contributed by atoms with Crippen molar-refractivity contribution in [3.63, 3.8) is 0 Å². The molecule has 27 heavy (non-hydrogen) atoms. The number of thiophene rings is 1. The van der Waals surface area contributed by atoms with Gasteiger partial charge in [-0.25, -0.2) is 0 Å². The van der Waals surface area contributed by atoms with Crippen molar-refractivity contribution in [2.45, 2.75) is 33.2 Å². The van der Waals surface area contributed by atoms with Crippen molar-refractivity contribution in [2.24, 2.45) is 5.41 Å². The highest BCUT2D eigenvalue weighted by molar-refractivity contribution is 7.10. The number of rotatable bonds is 4. The van der Waals surface area contributed by atoms with Crippen molar-refractivity contribution in [3.8, 4) is 11.5 Å². The first-order valence-corrected chi connectivity index (χ1v) is 10.00. The Bertz CT molecular complexity index is 834. The largest absolute Gasteiger partial charge is 0.493 e. The maximum atomic E-state index is 13.0. The van der Waals surface area contributed by atoms with Crippen molar-refractivity contribution < 1.29 is 14.3 Å². The van der Waals surface area contributed by atoms with Gasteiger partial charge in [0.05, 0.1) is 20.3 Å². The molecule has 1 amide bonds. The molecule has 3 rings (SSSR count). The van der Waals surface area contributed by atoms with Gasteiger partial charge in [-0.05, 0) is 52.6 Å². The van der Waals surface area contributed by atoms with Gasteiger partial charge < -0.3 is 14.4 Å². The van der Waals surface area contributed by atoms with E-state index in [0.717, 1.165) is 22.6 Å². The summed E-state index contributed by atoms with van der Waals surface area (Å²) in [5.74, 6) is 1.47. The zero-order valence-electron chi connectivity index (χ0n) is 16.6. The van der Waals surface area contributed by atoms with E-state index in [0.29, 0.717) is 12.3 Å². The zero-order valence-corrected chi connectivity index (χ0v) is 17.4. The van der Waals surface area contributed by atoms with Crippen LogP contribution in [0.5, 0.6) is 11.5 Å². The summed E-state index contributed by atoms with van der Waals surface area (Å²) in [6.45, 7) is 6.96. The Morgan fingerprint density at radius 3 is 2.52 bits per heavy atom. The van der Waals surface area contributed by atoms with Crippen LogP contribution in [0.25, 0.3) is 0 Å². The van der Waals surface area contributed by atoms with E-state index in [1.807, 2.05) is 29.2 Å². The topological polar surface area (TPSA) is 38.8 Å². The number of hydrogen-bond donors (Lipinski definition) is 0. The molecule has 2 aromatic rings. The predicted octanol–water partition coefficient (Wildman–Crippen LogP) is 4.84. The second kappa shape index (κ2) is 7.77. The van der Waals surface area contributed by atoms with Gasteiger partial charge in [0.15, 0.2) is 11.5 Å². The number of carbonyl (C=O) groups is 1. The number of nitrogens with zero attached hydrogens (tertiary/aromatic N) is 1. The average molecular weight is 386 g/mol. The Hall–Kier alpha value is -2.27. The van der Waals surface area contributed by atoms with Crippen molar-refractivity contribution in [2.75, 3.05) is 20.8 Å². The van der Waals surface area contributed by atoms with Crippen molar-refractivity contribution in [1.82, 2.24) is 4.90 Å². The third-order valence-electron chi connectivity index (χ3n) is 4.70. The van der Waals surface area contributed by atoms with Crippen LogP contribution >= 0.6 is 11.3 Å². The molecule has 1 aromatic heterocycles. The molecule has 0 bridgehead atoms. The van der Waals surface area contributed by atoms with Gasteiger partial charge in [0.2, 0.25) is 5.91 Å². The Morgan fingerprint density at radius 2 is 1.93 bits per heavy atom. The van der Waals surface area contributed by atoms with Crippen LogP contribution in [0.4, 0.5) is 0 Å². The molecular formula is C22H27NO3S. The fourth-order valence-electron chi connectivity index (χ4n) is 3.35. The summed E-state index contributed by atoms with van der Waals surface area (Å²) >= 11 is 1.67. The van der Waals surface area contributed by atoms with E-state index in [4.69, 9.17) is 9.47 Å². The number of allylic oxidation sites excluding steroid dienone is 1. The standard InChI is InChI=1S/C22H27NO3S/c1-22(2,3)10-8-20(24)23-11-9-15-13-17(25-4)18(26-5)14-16(15)21(23)19-7-6-12-27-19/h6-8,10,12-14,21H,9,11H2,1-5H3/b10-8+/t21-/m0/s1. The maximum Gasteiger partial charge on any atom is 0.247 e. The molecule has 0 saturated carbocycles. The predicted molar refractivity (Wildman–Crippen MR) is 110 cm³/mol. The second-order valence-electron chi connectivity index (χ2n) is 7.80. The number of benzene rings is 1. The van der Waals surface area contributed by atoms with Crippen LogP contribution in [0.1, 0.15) is 42.8 Å². The first-order chi connectivity index (χ1) is 12.8. The van der Waals surface area contributed by atoms with Gasteiger partial charge in [-0.3, -0.25) is 4.79 Å². The van der Waals surface area contributed by atoms with Crippen molar-refractivity contribution in [3.05, 3.63) is 57.8 Å². The number of carbonyl (C=O) groups excluding carboxylic acids is 1. The number of methoxy groups -OCH3 is 2. The molecule has 2 heterocycles. The molecule has 1 aliphatic heterocycles. The summed E-state index contributed by atoms with van der Waals surface area (Å²) < 4.78 is 11.0. The number of fused-ring (bicyclic) bond motifs is 1. The van der Waals surface area contributed by atoms with E-state index in [1.165, 1.54) is 5.56 Å². The quantitative estimate of drug-likeness (QED) is 0.707. The van der Waals surface area contributed by atoms with Crippen LogP contribution in [0.3, 0.4) is 0 Å². The van der Waals surface area contributed by atoms with Crippen LogP contribution in [-0.2, 0) is 11.2 Å².